The summed E-state index contributed by atoms with van der Waals surface area (Å²) in [6.45, 7) is 1.80. The molecule has 2 atom stereocenters. The quantitative estimate of drug-likeness (QED) is 0.645. The summed E-state index contributed by atoms with van der Waals surface area (Å²) >= 11 is 1.56. The van der Waals surface area contributed by atoms with Gasteiger partial charge in [0, 0.05) is 17.4 Å². The molecule has 0 aliphatic carbocycles. The summed E-state index contributed by atoms with van der Waals surface area (Å²) in [4.78, 5) is 12.5. The van der Waals surface area contributed by atoms with Gasteiger partial charge in [-0.2, -0.15) is 16.4 Å². The average Bonchev–Trinajstić information content (AvgIpc) is 3.26. The number of aliphatic hydroxyl groups is 1. The van der Waals surface area contributed by atoms with E-state index in [1.54, 1.807) is 18.3 Å². The number of thiophene rings is 1. The molecule has 124 valence electrons. The molecule has 6 heteroatoms. The first-order valence-corrected chi connectivity index (χ1v) is 8.68. The number of aromatic amines is 1. The fourth-order valence-corrected chi connectivity index (χ4v) is 3.14. The Kier molecular flexibility index (Phi) is 5.08. The normalized spacial score (nSPS) is 13.4. The third-order valence-corrected chi connectivity index (χ3v) is 4.60. The second-order valence-corrected chi connectivity index (χ2v) is 6.47. The van der Waals surface area contributed by atoms with Crippen molar-refractivity contribution in [1.82, 2.24) is 15.5 Å². The first-order chi connectivity index (χ1) is 11.6. The second kappa shape index (κ2) is 7.42. The standard InChI is InChI=1S/C18H19N3O2S/c1-12(16(22)9-13-5-3-2-4-6-13)20-18(23)15-10-19-21-17(15)14-7-8-24-11-14/h2-8,10-12,16,22H,9H2,1H3,(H,19,21)(H,20,23)/t12-,16+/m1/s1. The van der Waals surface area contributed by atoms with Gasteiger partial charge in [-0.3, -0.25) is 9.89 Å². The average molecular weight is 341 g/mol. The van der Waals surface area contributed by atoms with Gasteiger partial charge in [-0.05, 0) is 23.9 Å². The summed E-state index contributed by atoms with van der Waals surface area (Å²) in [5, 5.41) is 23.9. The van der Waals surface area contributed by atoms with Gasteiger partial charge in [-0.15, -0.1) is 0 Å². The van der Waals surface area contributed by atoms with Crippen molar-refractivity contribution in [2.24, 2.45) is 0 Å². The van der Waals surface area contributed by atoms with E-state index in [2.05, 4.69) is 15.5 Å². The van der Waals surface area contributed by atoms with E-state index in [4.69, 9.17) is 0 Å². The topological polar surface area (TPSA) is 78.0 Å². The smallest absolute Gasteiger partial charge is 0.255 e. The highest BCUT2D eigenvalue weighted by molar-refractivity contribution is 7.08. The van der Waals surface area contributed by atoms with Crippen molar-refractivity contribution < 1.29 is 9.90 Å². The molecule has 1 amide bonds. The molecule has 0 aliphatic heterocycles. The summed E-state index contributed by atoms with van der Waals surface area (Å²) < 4.78 is 0. The Hall–Kier alpha value is -2.44. The molecule has 0 fully saturated rings. The molecule has 0 unspecified atom stereocenters. The van der Waals surface area contributed by atoms with Gasteiger partial charge in [0.15, 0.2) is 0 Å². The molecule has 1 aromatic carbocycles. The molecule has 2 heterocycles. The number of amides is 1. The molecule has 0 saturated heterocycles. The fraction of sp³-hybridized carbons (Fsp3) is 0.222. The molecular formula is C18H19N3O2S. The lowest BCUT2D eigenvalue weighted by Gasteiger charge is -2.20. The molecular weight excluding hydrogens is 322 g/mol. The van der Waals surface area contributed by atoms with Gasteiger partial charge in [-0.1, -0.05) is 30.3 Å². The van der Waals surface area contributed by atoms with Crippen LogP contribution < -0.4 is 5.32 Å². The minimum Gasteiger partial charge on any atom is -0.391 e. The number of carbonyl (C=O) groups excluding carboxylic acids is 1. The highest BCUT2D eigenvalue weighted by Crippen LogP contribution is 2.23. The van der Waals surface area contributed by atoms with Crippen LogP contribution in [-0.2, 0) is 6.42 Å². The first-order valence-electron chi connectivity index (χ1n) is 7.74. The summed E-state index contributed by atoms with van der Waals surface area (Å²) in [7, 11) is 0. The van der Waals surface area contributed by atoms with Crippen LogP contribution in [0.15, 0.2) is 53.4 Å². The van der Waals surface area contributed by atoms with E-state index in [0.717, 1.165) is 11.1 Å². The minimum absolute atomic E-state index is 0.246. The molecule has 5 nitrogen and oxygen atoms in total. The van der Waals surface area contributed by atoms with Gasteiger partial charge in [-0.25, -0.2) is 0 Å². The first kappa shape index (κ1) is 16.4. The monoisotopic (exact) mass is 341 g/mol. The van der Waals surface area contributed by atoms with E-state index in [0.29, 0.717) is 17.7 Å². The maximum atomic E-state index is 12.5. The van der Waals surface area contributed by atoms with Gasteiger partial charge >= 0.3 is 0 Å². The van der Waals surface area contributed by atoms with E-state index >= 15 is 0 Å². The summed E-state index contributed by atoms with van der Waals surface area (Å²) in [5.74, 6) is -0.246. The highest BCUT2D eigenvalue weighted by Gasteiger charge is 2.21. The van der Waals surface area contributed by atoms with E-state index in [-0.39, 0.29) is 11.9 Å². The van der Waals surface area contributed by atoms with Crippen LogP contribution in [0.1, 0.15) is 22.8 Å². The van der Waals surface area contributed by atoms with E-state index in [1.165, 1.54) is 6.20 Å². The number of H-pyrrole nitrogens is 1. The zero-order chi connectivity index (χ0) is 16.9. The molecule has 3 aromatic rings. The van der Waals surface area contributed by atoms with E-state index < -0.39 is 6.10 Å². The summed E-state index contributed by atoms with van der Waals surface area (Å²) in [5.41, 5.74) is 3.14. The molecule has 24 heavy (non-hydrogen) atoms. The molecule has 0 bridgehead atoms. The number of aromatic nitrogens is 2. The van der Waals surface area contributed by atoms with Gasteiger partial charge in [0.2, 0.25) is 0 Å². The zero-order valence-electron chi connectivity index (χ0n) is 13.3. The zero-order valence-corrected chi connectivity index (χ0v) is 14.1. The number of nitrogens with zero attached hydrogens (tertiary/aromatic N) is 1. The Labute approximate surface area is 144 Å². The van der Waals surface area contributed by atoms with Crippen LogP contribution in [0.5, 0.6) is 0 Å². The second-order valence-electron chi connectivity index (χ2n) is 5.69. The summed E-state index contributed by atoms with van der Waals surface area (Å²) in [6, 6.07) is 11.3. The van der Waals surface area contributed by atoms with Crippen molar-refractivity contribution in [2.45, 2.75) is 25.5 Å². The summed E-state index contributed by atoms with van der Waals surface area (Å²) in [6.07, 6.45) is 1.34. The Morgan fingerprint density at radius 1 is 1.33 bits per heavy atom. The number of benzene rings is 1. The Morgan fingerprint density at radius 2 is 2.12 bits per heavy atom. The van der Waals surface area contributed by atoms with Crippen molar-refractivity contribution >= 4 is 17.2 Å². The van der Waals surface area contributed by atoms with Gasteiger partial charge < -0.3 is 10.4 Å². The van der Waals surface area contributed by atoms with Crippen LogP contribution in [0, 0.1) is 0 Å². The van der Waals surface area contributed by atoms with Crippen LogP contribution in [0.2, 0.25) is 0 Å². The molecule has 0 spiro atoms. The number of rotatable bonds is 6. The fourth-order valence-electron chi connectivity index (χ4n) is 2.50. The largest absolute Gasteiger partial charge is 0.391 e. The van der Waals surface area contributed by atoms with Gasteiger partial charge in [0.1, 0.15) is 0 Å². The van der Waals surface area contributed by atoms with Crippen LogP contribution >= 0.6 is 11.3 Å². The van der Waals surface area contributed by atoms with Crippen LogP contribution in [0.4, 0.5) is 0 Å². The van der Waals surface area contributed by atoms with Crippen LogP contribution in [-0.4, -0.2) is 33.4 Å². The maximum absolute atomic E-state index is 12.5. The minimum atomic E-state index is -0.659. The predicted octanol–water partition coefficient (Wildman–Crippen LogP) is 2.86. The van der Waals surface area contributed by atoms with Crippen LogP contribution in [0.25, 0.3) is 11.3 Å². The highest BCUT2D eigenvalue weighted by atomic mass is 32.1. The number of hydrogen-bond donors (Lipinski definition) is 3. The Balaban J connectivity index is 1.65. The third kappa shape index (κ3) is 3.72. The Bertz CT molecular complexity index is 784. The van der Waals surface area contributed by atoms with Crippen molar-refractivity contribution in [1.29, 1.82) is 0 Å². The van der Waals surface area contributed by atoms with Gasteiger partial charge in [0.25, 0.3) is 5.91 Å². The number of carbonyl (C=O) groups is 1. The Morgan fingerprint density at radius 3 is 2.83 bits per heavy atom. The van der Waals surface area contributed by atoms with Crippen molar-refractivity contribution in [3.05, 3.63) is 64.5 Å². The number of aliphatic hydroxyl groups excluding tert-OH is 1. The number of hydrogen-bond acceptors (Lipinski definition) is 4. The molecule has 0 radical (unpaired) electrons. The maximum Gasteiger partial charge on any atom is 0.255 e. The van der Waals surface area contributed by atoms with Crippen molar-refractivity contribution in [3.8, 4) is 11.3 Å². The SMILES string of the molecule is C[C@@H](NC(=O)c1cn[nH]c1-c1ccsc1)[C@@H](O)Cc1ccccc1. The molecule has 3 rings (SSSR count). The lowest BCUT2D eigenvalue weighted by molar-refractivity contribution is 0.0852. The predicted molar refractivity (Wildman–Crippen MR) is 95.0 cm³/mol. The third-order valence-electron chi connectivity index (χ3n) is 3.92. The van der Waals surface area contributed by atoms with Crippen LogP contribution in [0.3, 0.4) is 0 Å². The van der Waals surface area contributed by atoms with Crippen molar-refractivity contribution in [2.75, 3.05) is 0 Å². The molecule has 0 saturated carbocycles. The lowest BCUT2D eigenvalue weighted by Crippen LogP contribution is -2.42. The van der Waals surface area contributed by atoms with Crippen molar-refractivity contribution in [3.63, 3.8) is 0 Å². The van der Waals surface area contributed by atoms with E-state index in [1.807, 2.05) is 47.2 Å². The molecule has 3 N–H and O–H groups in total. The lowest BCUT2D eigenvalue weighted by atomic mass is 10.0. The molecule has 0 aliphatic rings. The van der Waals surface area contributed by atoms with Gasteiger partial charge in [0.05, 0.1) is 29.6 Å². The van der Waals surface area contributed by atoms with E-state index in [9.17, 15) is 9.90 Å². The molecule has 2 aromatic heterocycles. The number of nitrogens with one attached hydrogen (secondary N) is 2.